The summed E-state index contributed by atoms with van der Waals surface area (Å²) in [4.78, 5) is 29.7. The molecule has 170 valence electrons. The maximum absolute atomic E-state index is 13.2. The monoisotopic (exact) mass is 436 g/mol. The van der Waals surface area contributed by atoms with E-state index in [0.717, 1.165) is 43.5 Å². The molecule has 0 bridgehead atoms. The summed E-state index contributed by atoms with van der Waals surface area (Å²) >= 11 is 0. The standard InChI is InChI=1S/C26H32N2O4/c1-31-23-16-21-12-15-28(18-22(21)17-24(23)32-2)26(30)20-10-13-27(14-11-20)25(29)9-8-19-6-4-3-5-7-19/h3-7,16-17,20H,8-15,18H2,1-2H3. The van der Waals surface area contributed by atoms with E-state index in [1.54, 1.807) is 14.2 Å². The van der Waals surface area contributed by atoms with E-state index in [2.05, 4.69) is 12.1 Å². The number of carbonyl (C=O) groups is 2. The Balaban J connectivity index is 1.29. The Bertz CT molecular complexity index is 952. The Morgan fingerprint density at radius 2 is 1.56 bits per heavy atom. The van der Waals surface area contributed by atoms with E-state index in [1.807, 2.05) is 40.1 Å². The van der Waals surface area contributed by atoms with Crippen molar-refractivity contribution in [1.82, 2.24) is 9.80 Å². The molecule has 6 nitrogen and oxygen atoms in total. The van der Waals surface area contributed by atoms with Gasteiger partial charge in [-0.1, -0.05) is 30.3 Å². The van der Waals surface area contributed by atoms with E-state index < -0.39 is 0 Å². The fourth-order valence-corrected chi connectivity index (χ4v) is 4.76. The van der Waals surface area contributed by atoms with Crippen molar-refractivity contribution in [3.05, 3.63) is 59.2 Å². The van der Waals surface area contributed by atoms with Crippen LogP contribution in [0.25, 0.3) is 0 Å². The molecule has 4 rings (SSSR count). The van der Waals surface area contributed by atoms with Gasteiger partial charge in [-0.3, -0.25) is 9.59 Å². The summed E-state index contributed by atoms with van der Waals surface area (Å²) in [6.07, 6.45) is 3.59. The summed E-state index contributed by atoms with van der Waals surface area (Å²) in [6.45, 7) is 2.65. The van der Waals surface area contributed by atoms with Gasteiger partial charge in [0, 0.05) is 38.5 Å². The number of aryl methyl sites for hydroxylation is 1. The van der Waals surface area contributed by atoms with Crippen LogP contribution in [0.3, 0.4) is 0 Å². The minimum absolute atomic E-state index is 0.00475. The van der Waals surface area contributed by atoms with Crippen molar-refractivity contribution < 1.29 is 19.1 Å². The molecule has 0 spiro atoms. The summed E-state index contributed by atoms with van der Waals surface area (Å²) in [6, 6.07) is 14.1. The zero-order valence-corrected chi connectivity index (χ0v) is 19.0. The lowest BCUT2D eigenvalue weighted by Crippen LogP contribution is -2.45. The Hall–Kier alpha value is -3.02. The van der Waals surface area contributed by atoms with Gasteiger partial charge in [-0.15, -0.1) is 0 Å². The van der Waals surface area contributed by atoms with Crippen LogP contribution in [0, 0.1) is 5.92 Å². The minimum Gasteiger partial charge on any atom is -0.493 e. The van der Waals surface area contributed by atoms with Gasteiger partial charge in [0.1, 0.15) is 0 Å². The molecule has 6 heteroatoms. The molecule has 2 aromatic rings. The Labute approximate surface area is 190 Å². The van der Waals surface area contributed by atoms with Crippen LogP contribution >= 0.6 is 0 Å². The number of hydrogen-bond donors (Lipinski definition) is 0. The Kier molecular flexibility index (Phi) is 6.98. The Morgan fingerprint density at radius 1 is 0.906 bits per heavy atom. The second-order valence-electron chi connectivity index (χ2n) is 8.63. The topological polar surface area (TPSA) is 59.1 Å². The lowest BCUT2D eigenvalue weighted by molar-refractivity contribution is -0.141. The SMILES string of the molecule is COc1cc2c(cc1OC)CN(C(=O)C1CCN(C(=O)CCc3ccccc3)CC1)CC2. The number of hydrogen-bond acceptors (Lipinski definition) is 4. The highest BCUT2D eigenvalue weighted by Crippen LogP contribution is 2.34. The molecule has 2 amide bonds. The van der Waals surface area contributed by atoms with E-state index >= 15 is 0 Å². The van der Waals surface area contributed by atoms with Crippen LogP contribution in [0.1, 0.15) is 36.0 Å². The molecule has 2 aromatic carbocycles. The normalized spacial score (nSPS) is 16.4. The summed E-state index contributed by atoms with van der Waals surface area (Å²) < 4.78 is 10.8. The van der Waals surface area contributed by atoms with Crippen LogP contribution in [-0.4, -0.2) is 55.5 Å². The summed E-state index contributed by atoms with van der Waals surface area (Å²) in [5, 5.41) is 0. The highest BCUT2D eigenvalue weighted by Gasteiger charge is 2.32. The predicted molar refractivity (Wildman–Crippen MR) is 123 cm³/mol. The van der Waals surface area contributed by atoms with Crippen molar-refractivity contribution in [2.24, 2.45) is 5.92 Å². The average molecular weight is 437 g/mol. The molecule has 0 atom stereocenters. The van der Waals surface area contributed by atoms with Gasteiger partial charge < -0.3 is 19.3 Å². The van der Waals surface area contributed by atoms with Gasteiger partial charge in [0.2, 0.25) is 11.8 Å². The molecule has 2 aliphatic heterocycles. The zero-order valence-electron chi connectivity index (χ0n) is 19.0. The number of rotatable bonds is 6. The van der Waals surface area contributed by atoms with Crippen LogP contribution in [0.4, 0.5) is 0 Å². The molecule has 0 unspecified atom stereocenters. The van der Waals surface area contributed by atoms with E-state index in [-0.39, 0.29) is 17.7 Å². The van der Waals surface area contributed by atoms with E-state index in [4.69, 9.17) is 9.47 Å². The third kappa shape index (κ3) is 4.90. The first-order valence-corrected chi connectivity index (χ1v) is 11.4. The molecule has 0 N–H and O–H groups in total. The Morgan fingerprint density at radius 3 is 2.22 bits per heavy atom. The lowest BCUT2D eigenvalue weighted by atomic mass is 9.92. The summed E-state index contributed by atoms with van der Waals surface area (Å²) in [5.41, 5.74) is 3.52. The fourth-order valence-electron chi connectivity index (χ4n) is 4.76. The molecule has 0 radical (unpaired) electrons. The van der Waals surface area contributed by atoms with Gasteiger partial charge >= 0.3 is 0 Å². The molecule has 32 heavy (non-hydrogen) atoms. The fraction of sp³-hybridized carbons (Fsp3) is 0.462. The predicted octanol–water partition coefficient (Wildman–Crippen LogP) is 3.46. The molecular formula is C26H32N2O4. The highest BCUT2D eigenvalue weighted by molar-refractivity contribution is 5.80. The molecule has 0 aromatic heterocycles. The van der Waals surface area contributed by atoms with Crippen LogP contribution in [-0.2, 0) is 29.0 Å². The first-order chi connectivity index (χ1) is 15.6. The van der Waals surface area contributed by atoms with Crippen molar-refractivity contribution >= 4 is 11.8 Å². The third-order valence-electron chi connectivity index (χ3n) is 6.70. The van der Waals surface area contributed by atoms with Crippen LogP contribution < -0.4 is 9.47 Å². The number of likely N-dealkylation sites (tertiary alicyclic amines) is 1. The number of piperidine rings is 1. The number of fused-ring (bicyclic) bond motifs is 1. The molecular weight excluding hydrogens is 404 g/mol. The molecule has 0 aliphatic carbocycles. The van der Waals surface area contributed by atoms with Gasteiger partial charge in [-0.2, -0.15) is 0 Å². The van der Waals surface area contributed by atoms with Crippen molar-refractivity contribution in [1.29, 1.82) is 0 Å². The largest absolute Gasteiger partial charge is 0.493 e. The first kappa shape index (κ1) is 22.2. The van der Waals surface area contributed by atoms with E-state index in [9.17, 15) is 9.59 Å². The molecule has 2 heterocycles. The molecule has 0 saturated carbocycles. The second-order valence-corrected chi connectivity index (χ2v) is 8.63. The maximum Gasteiger partial charge on any atom is 0.226 e. The molecule has 2 aliphatic rings. The van der Waals surface area contributed by atoms with Crippen molar-refractivity contribution in [3.63, 3.8) is 0 Å². The third-order valence-corrected chi connectivity index (χ3v) is 6.70. The van der Waals surface area contributed by atoms with Crippen LogP contribution in [0.15, 0.2) is 42.5 Å². The first-order valence-electron chi connectivity index (χ1n) is 11.4. The van der Waals surface area contributed by atoms with Crippen molar-refractivity contribution in [2.45, 2.75) is 38.6 Å². The quantitative estimate of drug-likeness (QED) is 0.696. The summed E-state index contributed by atoms with van der Waals surface area (Å²) in [7, 11) is 3.27. The maximum atomic E-state index is 13.2. The van der Waals surface area contributed by atoms with Gasteiger partial charge in [0.05, 0.1) is 14.2 Å². The van der Waals surface area contributed by atoms with Gasteiger partial charge in [0.15, 0.2) is 11.5 Å². The average Bonchev–Trinajstić information content (AvgIpc) is 2.86. The molecule has 1 fully saturated rings. The number of ether oxygens (including phenoxy) is 2. The smallest absolute Gasteiger partial charge is 0.226 e. The number of carbonyl (C=O) groups excluding carboxylic acids is 2. The minimum atomic E-state index is -0.00475. The number of benzene rings is 2. The van der Waals surface area contributed by atoms with Crippen LogP contribution in [0.2, 0.25) is 0 Å². The molecule has 1 saturated heterocycles. The number of amides is 2. The number of methoxy groups -OCH3 is 2. The van der Waals surface area contributed by atoms with Crippen molar-refractivity contribution in [2.75, 3.05) is 33.9 Å². The lowest BCUT2D eigenvalue weighted by Gasteiger charge is -2.36. The van der Waals surface area contributed by atoms with Gasteiger partial charge in [-0.05, 0) is 54.5 Å². The van der Waals surface area contributed by atoms with Gasteiger partial charge in [0.25, 0.3) is 0 Å². The van der Waals surface area contributed by atoms with Crippen molar-refractivity contribution in [3.8, 4) is 11.5 Å². The highest BCUT2D eigenvalue weighted by atomic mass is 16.5. The summed E-state index contributed by atoms with van der Waals surface area (Å²) in [5.74, 6) is 1.82. The number of nitrogens with zero attached hydrogens (tertiary/aromatic N) is 2. The van der Waals surface area contributed by atoms with Gasteiger partial charge in [-0.25, -0.2) is 0 Å². The van der Waals surface area contributed by atoms with E-state index in [1.165, 1.54) is 11.1 Å². The van der Waals surface area contributed by atoms with Crippen LogP contribution in [0.5, 0.6) is 11.5 Å². The zero-order chi connectivity index (χ0) is 22.5. The second kappa shape index (κ2) is 10.1. The van der Waals surface area contributed by atoms with E-state index in [0.29, 0.717) is 31.8 Å².